The van der Waals surface area contributed by atoms with Crippen LogP contribution in [-0.2, 0) is 19.2 Å². The minimum atomic E-state index is -1.61. The Kier molecular flexibility index (Phi) is 6.59. The lowest BCUT2D eigenvalue weighted by atomic mass is 9.83. The van der Waals surface area contributed by atoms with E-state index in [-0.39, 0.29) is 0 Å². The SMILES string of the molecule is NC(C(CC(=O)O)C(=O)O)C(N)C(CC(=O)O)C(=O)O. The van der Waals surface area contributed by atoms with Gasteiger partial charge in [-0.15, -0.1) is 0 Å². The summed E-state index contributed by atoms with van der Waals surface area (Å²) in [6, 6.07) is -3.02. The highest BCUT2D eigenvalue weighted by Gasteiger charge is 2.38. The van der Waals surface area contributed by atoms with Gasteiger partial charge >= 0.3 is 23.9 Å². The Morgan fingerprint density at radius 1 is 0.700 bits per heavy atom. The fraction of sp³-hybridized carbons (Fsp3) is 0.600. The normalized spacial score (nSPS) is 16.7. The Labute approximate surface area is 113 Å². The van der Waals surface area contributed by atoms with Crippen LogP contribution in [0, 0.1) is 11.8 Å². The lowest BCUT2D eigenvalue weighted by Gasteiger charge is -2.28. The zero-order valence-corrected chi connectivity index (χ0v) is 10.3. The molecule has 0 amide bonds. The predicted molar refractivity (Wildman–Crippen MR) is 62.7 cm³/mol. The second kappa shape index (κ2) is 7.40. The summed E-state index contributed by atoms with van der Waals surface area (Å²) in [6.07, 6.45) is -1.69. The Balaban J connectivity index is 5.13. The van der Waals surface area contributed by atoms with E-state index in [1.54, 1.807) is 0 Å². The van der Waals surface area contributed by atoms with Crippen molar-refractivity contribution >= 4 is 23.9 Å². The van der Waals surface area contributed by atoms with Crippen LogP contribution in [0.4, 0.5) is 0 Å². The van der Waals surface area contributed by atoms with Crippen LogP contribution in [0.5, 0.6) is 0 Å². The summed E-state index contributed by atoms with van der Waals surface area (Å²) in [5.41, 5.74) is 11.0. The van der Waals surface area contributed by atoms with Crippen molar-refractivity contribution in [2.75, 3.05) is 0 Å². The standard InChI is InChI=1S/C10H16N2O8/c11-7(3(9(17)18)1-5(13)14)8(12)4(10(19)20)2-6(15)16/h3-4,7-8H,1-2,11-12H2,(H,13,14)(H,15,16)(H,17,18)(H,19,20). The number of carboxylic acids is 4. The zero-order chi connectivity index (χ0) is 16.0. The summed E-state index contributed by atoms with van der Waals surface area (Å²) >= 11 is 0. The first kappa shape index (κ1) is 17.8. The average Bonchev–Trinajstić information content (AvgIpc) is 2.30. The van der Waals surface area contributed by atoms with Crippen LogP contribution in [-0.4, -0.2) is 56.4 Å². The van der Waals surface area contributed by atoms with E-state index in [4.69, 9.17) is 31.9 Å². The quantitative estimate of drug-likeness (QED) is 0.275. The molecule has 0 saturated heterocycles. The van der Waals surface area contributed by atoms with Crippen molar-refractivity contribution in [3.05, 3.63) is 0 Å². The molecule has 10 nitrogen and oxygen atoms in total. The second-order valence-electron chi connectivity index (χ2n) is 4.24. The molecule has 0 bridgehead atoms. The molecule has 0 saturated carbocycles. The van der Waals surface area contributed by atoms with E-state index in [9.17, 15) is 19.2 Å². The van der Waals surface area contributed by atoms with E-state index < -0.39 is 60.6 Å². The summed E-state index contributed by atoms with van der Waals surface area (Å²) < 4.78 is 0. The lowest BCUT2D eigenvalue weighted by Crippen LogP contribution is -2.55. The molecule has 4 unspecified atom stereocenters. The van der Waals surface area contributed by atoms with Crippen LogP contribution < -0.4 is 11.5 Å². The Morgan fingerprint density at radius 3 is 1.10 bits per heavy atom. The summed E-state index contributed by atoms with van der Waals surface area (Å²) in [5.74, 6) is -9.20. The van der Waals surface area contributed by atoms with Gasteiger partial charge in [-0.25, -0.2) is 0 Å². The number of carbonyl (C=O) groups is 4. The minimum Gasteiger partial charge on any atom is -0.481 e. The minimum absolute atomic E-state index is 0.844. The topological polar surface area (TPSA) is 201 Å². The average molecular weight is 292 g/mol. The molecule has 10 heteroatoms. The van der Waals surface area contributed by atoms with Gasteiger partial charge in [-0.05, 0) is 0 Å². The first-order chi connectivity index (χ1) is 9.07. The van der Waals surface area contributed by atoms with Crippen LogP contribution in [0.1, 0.15) is 12.8 Å². The van der Waals surface area contributed by atoms with Crippen LogP contribution >= 0.6 is 0 Å². The number of aliphatic carboxylic acids is 4. The first-order valence-electron chi connectivity index (χ1n) is 5.48. The fourth-order valence-electron chi connectivity index (χ4n) is 1.69. The van der Waals surface area contributed by atoms with Gasteiger partial charge in [0.05, 0.1) is 24.7 Å². The number of hydrogen-bond acceptors (Lipinski definition) is 6. The van der Waals surface area contributed by atoms with Crippen LogP contribution in [0.25, 0.3) is 0 Å². The van der Waals surface area contributed by atoms with Crippen LogP contribution in [0.3, 0.4) is 0 Å². The molecule has 4 atom stereocenters. The molecule has 0 aliphatic rings. The molecule has 0 radical (unpaired) electrons. The van der Waals surface area contributed by atoms with E-state index in [1.165, 1.54) is 0 Å². The Morgan fingerprint density at radius 2 is 0.950 bits per heavy atom. The monoisotopic (exact) mass is 292 g/mol. The smallest absolute Gasteiger partial charge is 0.308 e. The molecule has 0 aromatic heterocycles. The maximum atomic E-state index is 10.9. The molecule has 0 heterocycles. The molecule has 8 N–H and O–H groups in total. The molecule has 0 aromatic rings. The molecular weight excluding hydrogens is 276 g/mol. The van der Waals surface area contributed by atoms with Crippen molar-refractivity contribution in [2.45, 2.75) is 24.9 Å². The summed E-state index contributed by atoms with van der Waals surface area (Å²) in [5, 5.41) is 34.9. The highest BCUT2D eigenvalue weighted by Crippen LogP contribution is 2.18. The van der Waals surface area contributed by atoms with Gasteiger partial charge in [0.25, 0.3) is 0 Å². The van der Waals surface area contributed by atoms with Gasteiger partial charge in [0, 0.05) is 12.1 Å². The van der Waals surface area contributed by atoms with Crippen molar-refractivity contribution in [2.24, 2.45) is 23.3 Å². The molecule has 0 spiro atoms. The van der Waals surface area contributed by atoms with Crippen molar-refractivity contribution < 1.29 is 39.6 Å². The maximum absolute atomic E-state index is 10.9. The number of nitrogens with two attached hydrogens (primary N) is 2. The number of rotatable bonds is 9. The fourth-order valence-corrected chi connectivity index (χ4v) is 1.69. The highest BCUT2D eigenvalue weighted by atomic mass is 16.4. The molecule has 0 rings (SSSR count). The number of hydrogen-bond donors (Lipinski definition) is 6. The van der Waals surface area contributed by atoms with Gasteiger partial charge < -0.3 is 31.9 Å². The van der Waals surface area contributed by atoms with Gasteiger partial charge in [0.15, 0.2) is 0 Å². The van der Waals surface area contributed by atoms with E-state index in [2.05, 4.69) is 0 Å². The zero-order valence-electron chi connectivity index (χ0n) is 10.3. The highest BCUT2D eigenvalue weighted by molar-refractivity contribution is 5.80. The first-order valence-corrected chi connectivity index (χ1v) is 5.48. The third-order valence-corrected chi connectivity index (χ3v) is 2.80. The maximum Gasteiger partial charge on any atom is 0.308 e. The largest absolute Gasteiger partial charge is 0.481 e. The van der Waals surface area contributed by atoms with Crippen molar-refractivity contribution in [3.8, 4) is 0 Å². The molecule has 0 aliphatic heterocycles. The van der Waals surface area contributed by atoms with E-state index in [1.807, 2.05) is 0 Å². The summed E-state index contributed by atoms with van der Waals surface area (Å²) in [7, 11) is 0. The van der Waals surface area contributed by atoms with Gasteiger partial charge in [0.2, 0.25) is 0 Å². The van der Waals surface area contributed by atoms with E-state index in [0.29, 0.717) is 0 Å². The molecule has 20 heavy (non-hydrogen) atoms. The summed E-state index contributed by atoms with van der Waals surface area (Å²) in [4.78, 5) is 43.0. The van der Waals surface area contributed by atoms with E-state index in [0.717, 1.165) is 0 Å². The van der Waals surface area contributed by atoms with Gasteiger partial charge in [-0.3, -0.25) is 19.2 Å². The van der Waals surface area contributed by atoms with Crippen LogP contribution in [0.15, 0.2) is 0 Å². The summed E-state index contributed by atoms with van der Waals surface area (Å²) in [6.45, 7) is 0. The molecular formula is C10H16N2O8. The third kappa shape index (κ3) is 5.20. The molecule has 0 aliphatic carbocycles. The third-order valence-electron chi connectivity index (χ3n) is 2.80. The molecule has 0 fully saturated rings. The molecule has 0 aromatic carbocycles. The van der Waals surface area contributed by atoms with E-state index >= 15 is 0 Å². The van der Waals surface area contributed by atoms with Crippen molar-refractivity contribution in [1.82, 2.24) is 0 Å². The van der Waals surface area contributed by atoms with Crippen LogP contribution in [0.2, 0.25) is 0 Å². The van der Waals surface area contributed by atoms with Gasteiger partial charge in [-0.2, -0.15) is 0 Å². The predicted octanol–water partition coefficient (Wildman–Crippen LogP) is -2.01. The van der Waals surface area contributed by atoms with Gasteiger partial charge in [0.1, 0.15) is 0 Å². The van der Waals surface area contributed by atoms with Gasteiger partial charge in [-0.1, -0.05) is 0 Å². The van der Waals surface area contributed by atoms with Crippen molar-refractivity contribution in [1.29, 1.82) is 0 Å². The Hall–Kier alpha value is -2.20. The second-order valence-corrected chi connectivity index (χ2v) is 4.24. The molecule has 114 valence electrons. The lowest BCUT2D eigenvalue weighted by molar-refractivity contribution is -0.152. The van der Waals surface area contributed by atoms with Crippen molar-refractivity contribution in [3.63, 3.8) is 0 Å². The number of carboxylic acid groups (broad SMARTS) is 4. The Bertz CT molecular complexity index is 372.